The summed E-state index contributed by atoms with van der Waals surface area (Å²) in [6, 6.07) is 8.03. The van der Waals surface area contributed by atoms with Crippen LogP contribution in [0.3, 0.4) is 0 Å². The van der Waals surface area contributed by atoms with E-state index in [-0.39, 0.29) is 0 Å². The molecule has 0 aliphatic rings. The smallest absolute Gasteiger partial charge is 0.230 e. The quantitative estimate of drug-likeness (QED) is 0.917. The van der Waals surface area contributed by atoms with Crippen LogP contribution in [0, 0.1) is 5.92 Å². The van der Waals surface area contributed by atoms with Crippen molar-refractivity contribution >= 4 is 21.8 Å². The molecule has 0 unspecified atom stereocenters. The molecule has 1 heterocycles. The van der Waals surface area contributed by atoms with Gasteiger partial charge in [-0.2, -0.15) is 0 Å². The van der Waals surface area contributed by atoms with Gasteiger partial charge in [-0.1, -0.05) is 47.1 Å². The molecule has 0 radical (unpaired) electrons. The van der Waals surface area contributed by atoms with Gasteiger partial charge in [0.1, 0.15) is 0 Å². The van der Waals surface area contributed by atoms with E-state index in [2.05, 4.69) is 34.9 Å². The van der Waals surface area contributed by atoms with Crippen molar-refractivity contribution in [3.8, 4) is 11.1 Å². The Morgan fingerprint density at radius 1 is 1.28 bits per heavy atom. The summed E-state index contributed by atoms with van der Waals surface area (Å²) in [6.07, 6.45) is 1.97. The van der Waals surface area contributed by atoms with Crippen LogP contribution in [0.4, 0.5) is 5.88 Å². The average molecular weight is 309 g/mol. The predicted molar refractivity (Wildman–Crippen MR) is 77.2 cm³/mol. The van der Waals surface area contributed by atoms with Gasteiger partial charge >= 0.3 is 0 Å². The van der Waals surface area contributed by atoms with E-state index >= 15 is 0 Å². The number of hydrogen-bond donors (Lipinski definition) is 1. The van der Waals surface area contributed by atoms with E-state index in [9.17, 15) is 0 Å². The second kappa shape index (κ2) is 5.57. The maximum Gasteiger partial charge on any atom is 0.230 e. The lowest BCUT2D eigenvalue weighted by molar-refractivity contribution is 0.423. The fourth-order valence-corrected chi connectivity index (χ4v) is 2.12. The number of nitrogen functional groups attached to an aromatic ring is 1. The van der Waals surface area contributed by atoms with Crippen molar-refractivity contribution in [1.29, 1.82) is 0 Å². The van der Waals surface area contributed by atoms with Crippen molar-refractivity contribution in [1.82, 2.24) is 5.16 Å². The zero-order valence-electron chi connectivity index (χ0n) is 10.6. The molecule has 96 valence electrons. The van der Waals surface area contributed by atoms with Crippen LogP contribution in [0.1, 0.15) is 26.0 Å². The summed E-state index contributed by atoms with van der Waals surface area (Å²) in [7, 11) is 0. The predicted octanol–water partition coefficient (Wildman–Crippen LogP) is 4.27. The molecule has 1 aromatic carbocycles. The van der Waals surface area contributed by atoms with Gasteiger partial charge in [0.2, 0.25) is 5.88 Å². The van der Waals surface area contributed by atoms with E-state index in [0.717, 1.165) is 34.1 Å². The number of nitrogens with zero attached hydrogens (tertiary/aromatic N) is 1. The first kappa shape index (κ1) is 13.1. The molecule has 0 atom stereocenters. The Bertz CT molecular complexity index is 517. The van der Waals surface area contributed by atoms with Gasteiger partial charge < -0.3 is 10.3 Å². The maximum atomic E-state index is 5.88. The molecule has 2 rings (SSSR count). The number of halogens is 1. The van der Waals surface area contributed by atoms with Gasteiger partial charge in [0.05, 0.1) is 11.3 Å². The van der Waals surface area contributed by atoms with Gasteiger partial charge in [-0.3, -0.25) is 0 Å². The lowest BCUT2D eigenvalue weighted by Crippen LogP contribution is -1.95. The van der Waals surface area contributed by atoms with Gasteiger partial charge in [0.25, 0.3) is 0 Å². The number of nitrogens with two attached hydrogens (primary N) is 1. The molecular formula is C14H17BrN2O. The van der Waals surface area contributed by atoms with Crippen molar-refractivity contribution in [2.75, 3.05) is 5.73 Å². The second-order valence-electron chi connectivity index (χ2n) is 4.81. The lowest BCUT2D eigenvalue weighted by Gasteiger charge is -2.05. The lowest BCUT2D eigenvalue weighted by atomic mass is 10.00. The third-order valence-corrected chi connectivity index (χ3v) is 3.41. The highest BCUT2D eigenvalue weighted by molar-refractivity contribution is 9.10. The van der Waals surface area contributed by atoms with Crippen LogP contribution in [0.5, 0.6) is 0 Å². The molecule has 0 aliphatic heterocycles. The van der Waals surface area contributed by atoms with E-state index in [1.54, 1.807) is 0 Å². The molecule has 0 saturated heterocycles. The Kier molecular flexibility index (Phi) is 4.07. The fraction of sp³-hybridized carbons (Fsp3) is 0.357. The summed E-state index contributed by atoms with van der Waals surface area (Å²) in [5.41, 5.74) is 8.81. The molecule has 0 bridgehead atoms. The van der Waals surface area contributed by atoms with Crippen LogP contribution >= 0.6 is 15.9 Å². The second-order valence-corrected chi connectivity index (χ2v) is 5.72. The number of benzene rings is 1. The third kappa shape index (κ3) is 2.93. The minimum atomic E-state index is 0.399. The summed E-state index contributed by atoms with van der Waals surface area (Å²) in [6.45, 7) is 4.39. The summed E-state index contributed by atoms with van der Waals surface area (Å²) in [5, 5.41) is 4.07. The Morgan fingerprint density at radius 2 is 1.94 bits per heavy atom. The largest absolute Gasteiger partial charge is 0.367 e. The number of rotatable bonds is 4. The highest BCUT2D eigenvalue weighted by atomic mass is 79.9. The molecule has 2 N–H and O–H groups in total. The average Bonchev–Trinajstić information content (AvgIpc) is 2.69. The Hall–Kier alpha value is -1.29. The molecule has 18 heavy (non-hydrogen) atoms. The molecule has 2 aromatic rings. The molecule has 1 aromatic heterocycles. The first-order valence-corrected chi connectivity index (χ1v) is 6.87. The van der Waals surface area contributed by atoms with Gasteiger partial charge in [-0.05, 0) is 36.5 Å². The molecule has 0 fully saturated rings. The monoisotopic (exact) mass is 308 g/mol. The number of hydrogen-bond acceptors (Lipinski definition) is 3. The van der Waals surface area contributed by atoms with Gasteiger partial charge in [0, 0.05) is 4.47 Å². The van der Waals surface area contributed by atoms with Gasteiger partial charge in [-0.25, -0.2) is 0 Å². The minimum absolute atomic E-state index is 0.399. The van der Waals surface area contributed by atoms with Crippen molar-refractivity contribution in [3.05, 3.63) is 34.4 Å². The maximum absolute atomic E-state index is 5.88. The summed E-state index contributed by atoms with van der Waals surface area (Å²) in [5.74, 6) is 1.04. The van der Waals surface area contributed by atoms with Crippen molar-refractivity contribution in [2.24, 2.45) is 5.92 Å². The number of aryl methyl sites for hydroxylation is 1. The number of aromatic nitrogens is 1. The van der Waals surface area contributed by atoms with E-state index in [4.69, 9.17) is 10.3 Å². The molecule has 0 spiro atoms. The molecule has 0 saturated carbocycles. The van der Waals surface area contributed by atoms with Gasteiger partial charge in [-0.15, -0.1) is 0 Å². The minimum Gasteiger partial charge on any atom is -0.367 e. The fourth-order valence-electron chi connectivity index (χ4n) is 1.86. The Morgan fingerprint density at radius 3 is 2.56 bits per heavy atom. The first-order valence-electron chi connectivity index (χ1n) is 6.08. The van der Waals surface area contributed by atoms with Crippen LogP contribution in [0.15, 0.2) is 33.3 Å². The van der Waals surface area contributed by atoms with Crippen LogP contribution in [0.2, 0.25) is 0 Å². The van der Waals surface area contributed by atoms with E-state index in [0.29, 0.717) is 11.8 Å². The van der Waals surface area contributed by atoms with E-state index in [1.807, 2.05) is 24.3 Å². The normalized spacial score (nSPS) is 11.1. The van der Waals surface area contributed by atoms with E-state index in [1.165, 1.54) is 0 Å². The van der Waals surface area contributed by atoms with Crippen molar-refractivity contribution in [2.45, 2.75) is 26.7 Å². The molecule has 4 heteroatoms. The molecule has 0 amide bonds. The van der Waals surface area contributed by atoms with Crippen LogP contribution in [-0.4, -0.2) is 5.16 Å². The number of anilines is 1. The molecule has 3 nitrogen and oxygen atoms in total. The third-order valence-electron chi connectivity index (χ3n) is 2.88. The summed E-state index contributed by atoms with van der Waals surface area (Å²) >= 11 is 3.43. The highest BCUT2D eigenvalue weighted by Crippen LogP contribution is 2.31. The zero-order chi connectivity index (χ0) is 13.1. The van der Waals surface area contributed by atoms with Crippen molar-refractivity contribution in [3.63, 3.8) is 0 Å². The standard InChI is InChI=1S/C14H17BrN2O/c1-9(2)3-8-12-13(14(16)18-17-12)10-4-6-11(15)7-5-10/h4-7,9H,3,8,16H2,1-2H3. The van der Waals surface area contributed by atoms with Crippen LogP contribution in [-0.2, 0) is 6.42 Å². The Balaban J connectivity index is 2.31. The van der Waals surface area contributed by atoms with Crippen LogP contribution in [0.25, 0.3) is 11.1 Å². The Labute approximate surface area is 115 Å². The van der Waals surface area contributed by atoms with Crippen molar-refractivity contribution < 1.29 is 4.52 Å². The summed E-state index contributed by atoms with van der Waals surface area (Å²) in [4.78, 5) is 0. The first-order chi connectivity index (χ1) is 8.58. The molecular weight excluding hydrogens is 292 g/mol. The SMILES string of the molecule is CC(C)CCc1noc(N)c1-c1ccc(Br)cc1. The van der Waals surface area contributed by atoms with E-state index < -0.39 is 0 Å². The zero-order valence-corrected chi connectivity index (χ0v) is 12.2. The highest BCUT2D eigenvalue weighted by Gasteiger charge is 2.15. The van der Waals surface area contributed by atoms with Crippen LogP contribution < -0.4 is 5.73 Å². The summed E-state index contributed by atoms with van der Waals surface area (Å²) < 4.78 is 6.17. The molecule has 0 aliphatic carbocycles. The van der Waals surface area contributed by atoms with Gasteiger partial charge in [0.15, 0.2) is 0 Å². The topological polar surface area (TPSA) is 52.0 Å².